The van der Waals surface area contributed by atoms with Gasteiger partial charge in [0.05, 0.1) is 6.54 Å². The van der Waals surface area contributed by atoms with Gasteiger partial charge in [-0.05, 0) is 18.2 Å². The predicted molar refractivity (Wildman–Crippen MR) is 83.1 cm³/mol. The quantitative estimate of drug-likeness (QED) is 0.660. The third-order valence-electron chi connectivity index (χ3n) is 3.22. The lowest BCUT2D eigenvalue weighted by Crippen LogP contribution is -2.23. The molecule has 2 heterocycles. The van der Waals surface area contributed by atoms with Crippen LogP contribution in [0.4, 0.5) is 0 Å². The number of aromatic nitrogens is 2. The average molecular weight is 348 g/mol. The highest BCUT2D eigenvalue weighted by molar-refractivity contribution is 6.32. The molecule has 9 heteroatoms. The van der Waals surface area contributed by atoms with Crippen molar-refractivity contribution in [2.24, 2.45) is 0 Å². The topological polar surface area (TPSA) is 126 Å². The lowest BCUT2D eigenvalue weighted by Gasteiger charge is -2.03. The van der Waals surface area contributed by atoms with Crippen LogP contribution in [0.1, 0.15) is 26.5 Å². The number of nitrogens with zero attached hydrogens (tertiary/aromatic N) is 2. The van der Waals surface area contributed by atoms with Gasteiger partial charge >= 0.3 is 5.97 Å². The number of carbonyl (C=O) groups is 2. The van der Waals surface area contributed by atoms with Gasteiger partial charge in [0.1, 0.15) is 28.8 Å². The summed E-state index contributed by atoms with van der Waals surface area (Å²) >= 11 is 5.89. The Hall–Kier alpha value is -3.13. The van der Waals surface area contributed by atoms with E-state index in [1.165, 1.54) is 12.3 Å². The summed E-state index contributed by atoms with van der Waals surface area (Å²) in [6, 6.07) is 4.43. The number of rotatable bonds is 4. The van der Waals surface area contributed by atoms with E-state index in [2.05, 4.69) is 15.3 Å². The van der Waals surface area contributed by atoms with Crippen molar-refractivity contribution >= 4 is 34.4 Å². The molecule has 0 aliphatic rings. The van der Waals surface area contributed by atoms with E-state index in [0.717, 1.165) is 6.33 Å². The zero-order valence-electron chi connectivity index (χ0n) is 12.0. The number of carboxylic acid groups (broad SMARTS) is 1. The van der Waals surface area contributed by atoms with Crippen molar-refractivity contribution in [2.45, 2.75) is 6.54 Å². The van der Waals surface area contributed by atoms with E-state index in [9.17, 15) is 19.8 Å². The van der Waals surface area contributed by atoms with Crippen LogP contribution in [0.5, 0.6) is 5.88 Å². The number of amides is 1. The van der Waals surface area contributed by atoms with Gasteiger partial charge in [-0.1, -0.05) is 11.6 Å². The molecule has 0 saturated heterocycles. The molecule has 8 nitrogen and oxygen atoms in total. The van der Waals surface area contributed by atoms with E-state index in [1.54, 1.807) is 12.1 Å². The van der Waals surface area contributed by atoms with Crippen LogP contribution >= 0.6 is 11.6 Å². The Kier molecular flexibility index (Phi) is 4.05. The second-order valence-corrected chi connectivity index (χ2v) is 5.27. The first-order valence-electron chi connectivity index (χ1n) is 6.68. The Balaban J connectivity index is 1.84. The summed E-state index contributed by atoms with van der Waals surface area (Å²) in [5, 5.41) is 22.0. The summed E-state index contributed by atoms with van der Waals surface area (Å²) in [4.78, 5) is 30.4. The Morgan fingerprint density at radius 3 is 2.75 bits per heavy atom. The van der Waals surface area contributed by atoms with E-state index in [0.29, 0.717) is 11.1 Å². The largest absolute Gasteiger partial charge is 0.493 e. The fourth-order valence-electron chi connectivity index (χ4n) is 2.16. The minimum absolute atomic E-state index is 0.0154. The van der Waals surface area contributed by atoms with Crippen LogP contribution in [-0.4, -0.2) is 32.1 Å². The Bertz CT molecular complexity index is 953. The Morgan fingerprint density at radius 2 is 2.04 bits per heavy atom. The van der Waals surface area contributed by atoms with Crippen LogP contribution in [0, 0.1) is 0 Å². The molecule has 0 radical (unpaired) electrons. The molecule has 1 aromatic carbocycles. The predicted octanol–water partition coefficient (Wildman–Crippen LogP) is 2.21. The number of carbonyl (C=O) groups excluding carboxylic acids is 1. The smallest absolute Gasteiger partial charge is 0.339 e. The molecule has 0 aliphatic carbocycles. The van der Waals surface area contributed by atoms with Crippen molar-refractivity contribution in [2.75, 3.05) is 0 Å². The highest BCUT2D eigenvalue weighted by Gasteiger charge is 2.17. The van der Waals surface area contributed by atoms with Crippen LogP contribution in [0.15, 0.2) is 35.1 Å². The molecule has 3 rings (SSSR count). The fraction of sp³-hybridized carbons (Fsp3) is 0.0667. The van der Waals surface area contributed by atoms with Crippen LogP contribution in [0.3, 0.4) is 0 Å². The third-order valence-corrected chi connectivity index (χ3v) is 3.44. The Morgan fingerprint density at radius 1 is 1.25 bits per heavy atom. The molecule has 0 unspecified atom stereocenters. The number of hydrogen-bond acceptors (Lipinski definition) is 6. The van der Waals surface area contributed by atoms with Crippen LogP contribution in [-0.2, 0) is 6.54 Å². The molecule has 0 atom stereocenters. The second kappa shape index (κ2) is 6.17. The molecule has 0 aliphatic heterocycles. The summed E-state index contributed by atoms with van der Waals surface area (Å²) in [7, 11) is 0. The number of nitrogens with one attached hydrogen (secondary N) is 1. The number of hydrogen-bond donors (Lipinski definition) is 3. The molecular formula is C15H10ClN3O5. The molecule has 24 heavy (non-hydrogen) atoms. The van der Waals surface area contributed by atoms with Crippen LogP contribution in [0.25, 0.3) is 11.0 Å². The van der Waals surface area contributed by atoms with Crippen LogP contribution < -0.4 is 5.32 Å². The number of carboxylic acids is 1. The summed E-state index contributed by atoms with van der Waals surface area (Å²) in [5.74, 6) is -1.87. The first-order valence-corrected chi connectivity index (χ1v) is 7.06. The molecule has 0 bridgehead atoms. The molecule has 3 N–H and O–H groups in total. The number of aromatic carboxylic acids is 1. The zero-order chi connectivity index (χ0) is 17.3. The average Bonchev–Trinajstić information content (AvgIpc) is 2.94. The molecule has 0 saturated carbocycles. The van der Waals surface area contributed by atoms with Crippen molar-refractivity contribution in [1.29, 1.82) is 0 Å². The van der Waals surface area contributed by atoms with Crippen molar-refractivity contribution in [3.63, 3.8) is 0 Å². The molecule has 2 aromatic heterocycles. The van der Waals surface area contributed by atoms with Crippen molar-refractivity contribution in [3.8, 4) is 5.88 Å². The summed E-state index contributed by atoms with van der Waals surface area (Å²) in [5.41, 5.74) is 0.0223. The maximum Gasteiger partial charge on any atom is 0.339 e. The molecular weight excluding hydrogens is 338 g/mol. The van der Waals surface area contributed by atoms with E-state index in [-0.39, 0.29) is 28.3 Å². The molecule has 122 valence electrons. The first kappa shape index (κ1) is 15.8. The number of benzene rings is 1. The monoisotopic (exact) mass is 347 g/mol. The van der Waals surface area contributed by atoms with Crippen molar-refractivity contribution < 1.29 is 24.2 Å². The number of furan rings is 1. The van der Waals surface area contributed by atoms with Gasteiger partial charge in [-0.25, -0.2) is 14.8 Å². The molecule has 0 fully saturated rings. The van der Waals surface area contributed by atoms with Gasteiger partial charge < -0.3 is 19.9 Å². The number of aromatic hydroxyl groups is 1. The molecule has 0 spiro atoms. The summed E-state index contributed by atoms with van der Waals surface area (Å²) in [6.45, 7) is -0.0154. The lowest BCUT2D eigenvalue weighted by molar-refractivity contribution is 0.0697. The van der Waals surface area contributed by atoms with E-state index in [4.69, 9.17) is 16.0 Å². The van der Waals surface area contributed by atoms with Crippen molar-refractivity contribution in [1.82, 2.24) is 15.3 Å². The van der Waals surface area contributed by atoms with E-state index < -0.39 is 17.8 Å². The first-order chi connectivity index (χ1) is 11.5. The normalized spacial score (nSPS) is 10.7. The van der Waals surface area contributed by atoms with Gasteiger partial charge in [0.15, 0.2) is 0 Å². The van der Waals surface area contributed by atoms with Gasteiger partial charge in [-0.15, -0.1) is 0 Å². The van der Waals surface area contributed by atoms with Crippen molar-refractivity contribution in [3.05, 3.63) is 52.6 Å². The highest BCUT2D eigenvalue weighted by Crippen LogP contribution is 2.27. The van der Waals surface area contributed by atoms with E-state index in [1.807, 2.05) is 0 Å². The van der Waals surface area contributed by atoms with Gasteiger partial charge in [0.2, 0.25) is 5.88 Å². The van der Waals surface area contributed by atoms with E-state index >= 15 is 0 Å². The summed E-state index contributed by atoms with van der Waals surface area (Å²) < 4.78 is 5.48. The lowest BCUT2D eigenvalue weighted by atomic mass is 10.1. The SMILES string of the molecule is O=C(NCc1cc2cc(Cl)cc(C(=O)O)c2o1)c1cncnc1O. The minimum atomic E-state index is -1.17. The highest BCUT2D eigenvalue weighted by atomic mass is 35.5. The summed E-state index contributed by atoms with van der Waals surface area (Å²) in [6.07, 6.45) is 2.29. The maximum atomic E-state index is 12.0. The number of fused-ring (bicyclic) bond motifs is 1. The van der Waals surface area contributed by atoms with Crippen LogP contribution in [0.2, 0.25) is 5.02 Å². The third kappa shape index (κ3) is 2.99. The maximum absolute atomic E-state index is 12.0. The fourth-order valence-corrected chi connectivity index (χ4v) is 2.39. The van der Waals surface area contributed by atoms with Gasteiger partial charge in [0.25, 0.3) is 5.91 Å². The standard InChI is InChI=1S/C15H10ClN3O5/c16-8-1-7-2-9(24-12(7)10(3-8)15(22)23)4-18-13(20)11-5-17-6-19-14(11)21/h1-3,5-6H,4H2,(H,18,20)(H,22,23)(H,17,19,21). The zero-order valence-corrected chi connectivity index (χ0v) is 12.7. The minimum Gasteiger partial charge on any atom is -0.493 e. The second-order valence-electron chi connectivity index (χ2n) is 4.83. The van der Waals surface area contributed by atoms with Gasteiger partial charge in [-0.3, -0.25) is 4.79 Å². The van der Waals surface area contributed by atoms with Gasteiger partial charge in [0, 0.05) is 16.6 Å². The molecule has 1 amide bonds. The van der Waals surface area contributed by atoms with Gasteiger partial charge in [-0.2, -0.15) is 0 Å². The molecule has 3 aromatic rings. The Labute approximate surface area is 139 Å². The number of halogens is 1.